The van der Waals surface area contributed by atoms with Crippen molar-refractivity contribution in [3.8, 4) is 0 Å². The Bertz CT molecular complexity index is 883. The van der Waals surface area contributed by atoms with E-state index in [2.05, 4.69) is 20.6 Å². The normalized spacial score (nSPS) is 18.7. The van der Waals surface area contributed by atoms with Crippen LogP contribution < -0.4 is 10.6 Å². The highest BCUT2D eigenvalue weighted by atomic mass is 32.2. The van der Waals surface area contributed by atoms with Gasteiger partial charge in [0.2, 0.25) is 0 Å². The second kappa shape index (κ2) is 6.71. The first kappa shape index (κ1) is 17.2. The molecule has 25 heavy (non-hydrogen) atoms. The van der Waals surface area contributed by atoms with Crippen LogP contribution in [0, 0.1) is 11.6 Å². The smallest absolute Gasteiger partial charge is 0.276 e. The number of anilines is 2. The van der Waals surface area contributed by atoms with Gasteiger partial charge in [-0.1, -0.05) is 6.07 Å². The Morgan fingerprint density at radius 2 is 1.88 bits per heavy atom. The SMILES string of the molecule is O=C(Nc1c(F)cccc1F)c1cnc(NC2CCS(=O)(=O)C2)cn1. The van der Waals surface area contributed by atoms with E-state index in [1.165, 1.54) is 12.3 Å². The molecule has 3 rings (SSSR count). The van der Waals surface area contributed by atoms with E-state index < -0.39 is 33.1 Å². The molecule has 2 heterocycles. The van der Waals surface area contributed by atoms with Crippen LogP contribution >= 0.6 is 0 Å². The number of para-hydroxylation sites is 1. The van der Waals surface area contributed by atoms with Crippen molar-refractivity contribution in [2.75, 3.05) is 22.1 Å². The molecule has 1 amide bonds. The number of nitrogens with one attached hydrogen (secondary N) is 2. The van der Waals surface area contributed by atoms with Crippen LogP contribution in [-0.2, 0) is 9.84 Å². The molecule has 1 saturated heterocycles. The fourth-order valence-corrected chi connectivity index (χ4v) is 4.11. The number of nitrogens with zero attached hydrogens (tertiary/aromatic N) is 2. The Morgan fingerprint density at radius 3 is 2.44 bits per heavy atom. The number of carbonyl (C=O) groups is 1. The van der Waals surface area contributed by atoms with Crippen LogP contribution in [0.25, 0.3) is 0 Å². The van der Waals surface area contributed by atoms with E-state index in [1.807, 2.05) is 0 Å². The molecule has 2 aromatic rings. The van der Waals surface area contributed by atoms with Crippen LogP contribution in [-0.4, -0.2) is 41.8 Å². The van der Waals surface area contributed by atoms with E-state index in [1.54, 1.807) is 0 Å². The Hall–Kier alpha value is -2.62. The van der Waals surface area contributed by atoms with Gasteiger partial charge in [-0.25, -0.2) is 27.2 Å². The second-order valence-corrected chi connectivity index (χ2v) is 7.81. The van der Waals surface area contributed by atoms with Gasteiger partial charge >= 0.3 is 0 Å². The summed E-state index contributed by atoms with van der Waals surface area (Å²) in [6.07, 6.45) is 2.87. The maximum atomic E-state index is 13.5. The van der Waals surface area contributed by atoms with E-state index in [-0.39, 0.29) is 23.2 Å². The molecule has 0 bridgehead atoms. The van der Waals surface area contributed by atoms with Crippen LogP contribution in [0.2, 0.25) is 0 Å². The highest BCUT2D eigenvalue weighted by Crippen LogP contribution is 2.19. The Kier molecular flexibility index (Phi) is 4.62. The van der Waals surface area contributed by atoms with Crippen LogP contribution in [0.15, 0.2) is 30.6 Å². The lowest BCUT2D eigenvalue weighted by atomic mass is 10.2. The average Bonchev–Trinajstić information content (AvgIpc) is 2.90. The minimum absolute atomic E-state index is 0.0173. The molecular weight excluding hydrogens is 354 g/mol. The van der Waals surface area contributed by atoms with Gasteiger partial charge in [-0.15, -0.1) is 0 Å². The zero-order valence-corrected chi connectivity index (χ0v) is 13.7. The molecule has 1 aromatic heterocycles. The molecule has 1 aliphatic rings. The molecule has 0 radical (unpaired) electrons. The topological polar surface area (TPSA) is 101 Å². The third kappa shape index (κ3) is 4.08. The highest BCUT2D eigenvalue weighted by molar-refractivity contribution is 7.91. The van der Waals surface area contributed by atoms with Crippen LogP contribution in [0.5, 0.6) is 0 Å². The predicted molar refractivity (Wildman–Crippen MR) is 87.0 cm³/mol. The van der Waals surface area contributed by atoms with E-state index in [4.69, 9.17) is 0 Å². The summed E-state index contributed by atoms with van der Waals surface area (Å²) >= 11 is 0. The van der Waals surface area contributed by atoms with Crippen molar-refractivity contribution < 1.29 is 22.0 Å². The molecule has 1 aliphatic heterocycles. The largest absolute Gasteiger partial charge is 0.365 e. The summed E-state index contributed by atoms with van der Waals surface area (Å²) in [6, 6.07) is 2.97. The fraction of sp³-hybridized carbons (Fsp3) is 0.267. The first-order valence-electron chi connectivity index (χ1n) is 7.38. The zero-order valence-electron chi connectivity index (χ0n) is 12.9. The number of sulfone groups is 1. The molecule has 132 valence electrons. The summed E-state index contributed by atoms with van der Waals surface area (Å²) in [5, 5.41) is 5.03. The molecule has 2 N–H and O–H groups in total. The van der Waals surface area contributed by atoms with Crippen molar-refractivity contribution in [3.63, 3.8) is 0 Å². The van der Waals surface area contributed by atoms with Gasteiger partial charge in [-0.3, -0.25) is 4.79 Å². The van der Waals surface area contributed by atoms with E-state index >= 15 is 0 Å². The van der Waals surface area contributed by atoms with Crippen molar-refractivity contribution >= 4 is 27.2 Å². The highest BCUT2D eigenvalue weighted by Gasteiger charge is 2.28. The van der Waals surface area contributed by atoms with Gasteiger partial charge in [0.15, 0.2) is 9.84 Å². The standard InChI is InChI=1S/C15H14F2N4O3S/c16-10-2-1-3-11(17)14(10)21-15(22)12-6-19-13(7-18-12)20-9-4-5-25(23,24)8-9/h1-3,6-7,9H,4-5,8H2,(H,19,20)(H,21,22). The van der Waals surface area contributed by atoms with Gasteiger partial charge in [0.1, 0.15) is 28.8 Å². The lowest BCUT2D eigenvalue weighted by Gasteiger charge is -2.11. The summed E-state index contributed by atoms with van der Waals surface area (Å²) in [5.74, 6) is -2.16. The summed E-state index contributed by atoms with van der Waals surface area (Å²) in [4.78, 5) is 19.9. The predicted octanol–water partition coefficient (Wildman–Crippen LogP) is 1.61. The number of hydrogen-bond donors (Lipinski definition) is 2. The minimum Gasteiger partial charge on any atom is -0.365 e. The first-order valence-corrected chi connectivity index (χ1v) is 9.20. The van der Waals surface area contributed by atoms with Crippen molar-refractivity contribution in [3.05, 3.63) is 47.9 Å². The molecule has 10 heteroatoms. The first-order chi connectivity index (χ1) is 11.8. The van der Waals surface area contributed by atoms with Gasteiger partial charge in [0, 0.05) is 6.04 Å². The van der Waals surface area contributed by atoms with Crippen molar-refractivity contribution in [1.82, 2.24) is 9.97 Å². The van der Waals surface area contributed by atoms with Crippen LogP contribution in [0.3, 0.4) is 0 Å². The van der Waals surface area contributed by atoms with Crippen LogP contribution in [0.4, 0.5) is 20.3 Å². The van der Waals surface area contributed by atoms with Gasteiger partial charge < -0.3 is 10.6 Å². The number of amides is 1. The van der Waals surface area contributed by atoms with Gasteiger partial charge in [0.25, 0.3) is 5.91 Å². The molecular formula is C15H14F2N4O3S. The third-order valence-corrected chi connectivity index (χ3v) is 5.44. The average molecular weight is 368 g/mol. The lowest BCUT2D eigenvalue weighted by molar-refractivity contribution is 0.102. The number of hydrogen-bond acceptors (Lipinski definition) is 6. The summed E-state index contributed by atoms with van der Waals surface area (Å²) < 4.78 is 49.9. The molecule has 1 unspecified atom stereocenters. The second-order valence-electron chi connectivity index (χ2n) is 5.58. The Balaban J connectivity index is 1.67. The van der Waals surface area contributed by atoms with E-state index in [0.717, 1.165) is 18.3 Å². The lowest BCUT2D eigenvalue weighted by Crippen LogP contribution is -2.22. The fourth-order valence-electron chi connectivity index (χ4n) is 2.43. The number of halogens is 2. The number of aromatic nitrogens is 2. The quantitative estimate of drug-likeness (QED) is 0.850. The zero-order chi connectivity index (χ0) is 18.0. The van der Waals surface area contributed by atoms with E-state index in [0.29, 0.717) is 12.2 Å². The number of carbonyl (C=O) groups excluding carboxylic acids is 1. The maximum Gasteiger partial charge on any atom is 0.276 e. The minimum atomic E-state index is -3.03. The maximum absolute atomic E-state index is 13.5. The van der Waals surface area contributed by atoms with Gasteiger partial charge in [-0.2, -0.15) is 0 Å². The van der Waals surface area contributed by atoms with Crippen molar-refractivity contribution in [1.29, 1.82) is 0 Å². The summed E-state index contributed by atoms with van der Waals surface area (Å²) in [6.45, 7) is 0. The number of benzene rings is 1. The van der Waals surface area contributed by atoms with E-state index in [9.17, 15) is 22.0 Å². The molecule has 0 saturated carbocycles. The Morgan fingerprint density at radius 1 is 1.16 bits per heavy atom. The van der Waals surface area contributed by atoms with Gasteiger partial charge in [0.05, 0.1) is 23.9 Å². The molecule has 7 nitrogen and oxygen atoms in total. The molecule has 1 fully saturated rings. The molecule has 1 aromatic carbocycles. The Labute approximate surface area is 142 Å². The molecule has 0 spiro atoms. The summed E-state index contributed by atoms with van der Waals surface area (Å²) in [5.41, 5.74) is -0.695. The molecule has 0 aliphatic carbocycles. The number of rotatable bonds is 4. The van der Waals surface area contributed by atoms with Gasteiger partial charge in [-0.05, 0) is 18.6 Å². The summed E-state index contributed by atoms with van der Waals surface area (Å²) in [7, 11) is -3.03. The third-order valence-electron chi connectivity index (χ3n) is 3.67. The van der Waals surface area contributed by atoms with Crippen molar-refractivity contribution in [2.24, 2.45) is 0 Å². The van der Waals surface area contributed by atoms with Crippen LogP contribution in [0.1, 0.15) is 16.9 Å². The van der Waals surface area contributed by atoms with Crippen molar-refractivity contribution in [2.45, 2.75) is 12.5 Å². The molecule has 1 atom stereocenters. The monoisotopic (exact) mass is 368 g/mol.